The summed E-state index contributed by atoms with van der Waals surface area (Å²) in [5.74, 6) is 0.736. The normalized spacial score (nSPS) is 15.1. The Balaban J connectivity index is 5.25. The Kier molecular flexibility index (Phi) is 52.0. The number of ether oxygens (including phenoxy) is 4. The summed E-state index contributed by atoms with van der Waals surface area (Å²) in [6.45, 7) is 13.9. The molecule has 0 aromatic heterocycles. The van der Waals surface area contributed by atoms with E-state index in [9.17, 15) is 43.2 Å². The molecule has 0 saturated carbocycles. The minimum atomic E-state index is -4.94. The third-order valence-corrected chi connectivity index (χ3v) is 16.9. The summed E-state index contributed by atoms with van der Waals surface area (Å²) in [4.78, 5) is 72.1. The summed E-state index contributed by atoms with van der Waals surface area (Å²) in [6, 6.07) is 0. The topological polar surface area (TPSA) is 237 Å². The van der Waals surface area contributed by atoms with Crippen LogP contribution < -0.4 is 0 Å². The second-order valence-corrected chi connectivity index (χ2v) is 27.1. The van der Waals surface area contributed by atoms with Gasteiger partial charge in [-0.15, -0.1) is 0 Å². The van der Waals surface area contributed by atoms with Gasteiger partial charge < -0.3 is 33.8 Å². The van der Waals surface area contributed by atoms with E-state index in [-0.39, 0.29) is 25.7 Å². The first-order chi connectivity index (χ1) is 39.2. The van der Waals surface area contributed by atoms with Crippen LogP contribution in [0.4, 0.5) is 0 Å². The van der Waals surface area contributed by atoms with E-state index in [1.165, 1.54) is 89.9 Å². The molecule has 7 atom stereocenters. The number of hydrogen-bond acceptors (Lipinski definition) is 15. The predicted molar refractivity (Wildman–Crippen MR) is 326 cm³/mol. The molecule has 0 aromatic rings. The molecule has 0 aliphatic carbocycles. The van der Waals surface area contributed by atoms with E-state index in [4.69, 9.17) is 37.0 Å². The molecule has 4 unspecified atom stereocenters. The fourth-order valence-corrected chi connectivity index (χ4v) is 10.8. The van der Waals surface area contributed by atoms with Crippen molar-refractivity contribution in [1.29, 1.82) is 0 Å². The highest BCUT2D eigenvalue weighted by atomic mass is 31.2. The predicted octanol–water partition coefficient (Wildman–Crippen LogP) is 17.0. The van der Waals surface area contributed by atoms with Crippen LogP contribution in [0, 0.1) is 23.7 Å². The van der Waals surface area contributed by atoms with Gasteiger partial charge in [-0.25, -0.2) is 9.13 Å². The number of phosphoric acid groups is 2. The van der Waals surface area contributed by atoms with Crippen molar-refractivity contribution in [2.75, 3.05) is 39.6 Å². The summed E-state index contributed by atoms with van der Waals surface area (Å²) in [6.07, 6.45) is 32.4. The molecule has 0 bridgehead atoms. The van der Waals surface area contributed by atoms with E-state index in [0.29, 0.717) is 37.5 Å². The number of phosphoric ester groups is 2. The van der Waals surface area contributed by atoms with Gasteiger partial charge in [0.15, 0.2) is 12.2 Å². The minimum Gasteiger partial charge on any atom is -0.462 e. The van der Waals surface area contributed by atoms with Crippen LogP contribution in [0.5, 0.6) is 0 Å². The number of unbranched alkanes of at least 4 members (excludes halogenated alkanes) is 24. The lowest BCUT2D eigenvalue weighted by atomic mass is 9.99. The van der Waals surface area contributed by atoms with Gasteiger partial charge in [0.2, 0.25) is 0 Å². The van der Waals surface area contributed by atoms with E-state index < -0.39 is 97.5 Å². The van der Waals surface area contributed by atoms with Crippen molar-refractivity contribution >= 4 is 39.5 Å². The van der Waals surface area contributed by atoms with E-state index in [1.807, 2.05) is 0 Å². The summed E-state index contributed by atoms with van der Waals surface area (Å²) in [5.41, 5.74) is 0. The van der Waals surface area contributed by atoms with Crippen LogP contribution in [0.25, 0.3) is 0 Å². The molecule has 0 aliphatic rings. The van der Waals surface area contributed by atoms with Crippen molar-refractivity contribution in [3.63, 3.8) is 0 Å². The molecule has 486 valence electrons. The second kappa shape index (κ2) is 53.3. The maximum absolute atomic E-state index is 13.0. The monoisotopic (exact) mass is 1210 g/mol. The first-order valence-electron chi connectivity index (χ1n) is 32.8. The van der Waals surface area contributed by atoms with Crippen molar-refractivity contribution in [1.82, 2.24) is 0 Å². The molecule has 0 heterocycles. The van der Waals surface area contributed by atoms with Gasteiger partial charge >= 0.3 is 39.5 Å². The van der Waals surface area contributed by atoms with Crippen molar-refractivity contribution < 1.29 is 80.2 Å². The number of carbonyl (C=O) groups is 4. The average Bonchev–Trinajstić information content (AvgIpc) is 3.45. The van der Waals surface area contributed by atoms with Gasteiger partial charge in [-0.1, -0.05) is 248 Å². The molecule has 0 spiro atoms. The largest absolute Gasteiger partial charge is 0.472 e. The molecule has 19 heteroatoms. The van der Waals surface area contributed by atoms with Crippen molar-refractivity contribution in [2.45, 2.75) is 318 Å². The van der Waals surface area contributed by atoms with Crippen LogP contribution in [0.1, 0.15) is 299 Å². The lowest BCUT2D eigenvalue weighted by Gasteiger charge is -2.21. The molecule has 0 fully saturated rings. The molecular formula is C63H122O17P2. The molecular weight excluding hydrogens is 1090 g/mol. The Morgan fingerprint density at radius 1 is 0.341 bits per heavy atom. The van der Waals surface area contributed by atoms with Gasteiger partial charge in [0.25, 0.3) is 0 Å². The molecule has 0 saturated heterocycles. The fourth-order valence-electron chi connectivity index (χ4n) is 9.19. The highest BCUT2D eigenvalue weighted by Crippen LogP contribution is 2.45. The fraction of sp³-hybridized carbons (Fsp3) is 0.937. The lowest BCUT2D eigenvalue weighted by molar-refractivity contribution is -0.161. The summed E-state index contributed by atoms with van der Waals surface area (Å²) >= 11 is 0. The zero-order chi connectivity index (χ0) is 61.1. The molecule has 17 nitrogen and oxygen atoms in total. The Morgan fingerprint density at radius 2 is 0.585 bits per heavy atom. The average molecular weight is 1210 g/mol. The highest BCUT2D eigenvalue weighted by molar-refractivity contribution is 7.47. The third kappa shape index (κ3) is 54.7. The SMILES string of the molecule is CCC(C)CCCCCCCCCCCCC(=O)O[C@H](COC(=O)CCCCCCCCC(C)C)COP(=O)(O)OC[C@@H](O)COP(=O)(O)OC[C@@H](COC(=O)CCCCCCCCC(C)C)OC(=O)CCCCCCCCC(C)CC. The Bertz CT molecular complexity index is 1650. The van der Waals surface area contributed by atoms with Gasteiger partial charge in [0, 0.05) is 25.7 Å². The zero-order valence-corrected chi connectivity index (χ0v) is 54.9. The van der Waals surface area contributed by atoms with E-state index in [2.05, 4.69) is 55.4 Å². The highest BCUT2D eigenvalue weighted by Gasteiger charge is 2.30. The number of hydrogen-bond donors (Lipinski definition) is 3. The Hall–Kier alpha value is -1.94. The quantitative estimate of drug-likeness (QED) is 0.0222. The van der Waals surface area contributed by atoms with Crippen LogP contribution >= 0.6 is 15.6 Å². The maximum atomic E-state index is 13.0. The lowest BCUT2D eigenvalue weighted by Crippen LogP contribution is -2.30. The van der Waals surface area contributed by atoms with Crippen LogP contribution in [-0.2, 0) is 65.4 Å². The van der Waals surface area contributed by atoms with Crippen molar-refractivity contribution in [2.24, 2.45) is 23.7 Å². The summed E-state index contributed by atoms with van der Waals surface area (Å²) in [5, 5.41) is 10.5. The maximum Gasteiger partial charge on any atom is 0.472 e. The Labute approximate surface area is 498 Å². The number of rotatable bonds is 60. The Morgan fingerprint density at radius 3 is 0.866 bits per heavy atom. The summed E-state index contributed by atoms with van der Waals surface area (Å²) < 4.78 is 67.9. The van der Waals surface area contributed by atoms with Gasteiger partial charge in [-0.3, -0.25) is 37.3 Å². The molecule has 82 heavy (non-hydrogen) atoms. The van der Waals surface area contributed by atoms with Gasteiger partial charge in [-0.05, 0) is 49.4 Å². The number of aliphatic hydroxyl groups is 1. The van der Waals surface area contributed by atoms with Crippen LogP contribution in [0.3, 0.4) is 0 Å². The first kappa shape index (κ1) is 80.1. The molecule has 0 rings (SSSR count). The summed E-state index contributed by atoms with van der Waals surface area (Å²) in [7, 11) is -9.89. The molecule has 0 aliphatic heterocycles. The minimum absolute atomic E-state index is 0.101. The molecule has 3 N–H and O–H groups in total. The molecule has 0 radical (unpaired) electrons. The van der Waals surface area contributed by atoms with Crippen LogP contribution in [0.15, 0.2) is 0 Å². The van der Waals surface area contributed by atoms with Crippen LogP contribution in [0.2, 0.25) is 0 Å². The van der Waals surface area contributed by atoms with E-state index in [0.717, 1.165) is 115 Å². The number of aliphatic hydroxyl groups excluding tert-OH is 1. The number of carbonyl (C=O) groups excluding carboxylic acids is 4. The molecule has 0 aromatic carbocycles. The van der Waals surface area contributed by atoms with E-state index in [1.54, 1.807) is 0 Å². The third-order valence-electron chi connectivity index (χ3n) is 15.0. The zero-order valence-electron chi connectivity index (χ0n) is 53.1. The van der Waals surface area contributed by atoms with Gasteiger partial charge in [0.05, 0.1) is 26.4 Å². The smallest absolute Gasteiger partial charge is 0.462 e. The van der Waals surface area contributed by atoms with Crippen LogP contribution in [-0.4, -0.2) is 96.7 Å². The van der Waals surface area contributed by atoms with Gasteiger partial charge in [-0.2, -0.15) is 0 Å². The first-order valence-corrected chi connectivity index (χ1v) is 35.8. The van der Waals surface area contributed by atoms with Gasteiger partial charge in [0.1, 0.15) is 19.3 Å². The van der Waals surface area contributed by atoms with Crippen molar-refractivity contribution in [3.8, 4) is 0 Å². The van der Waals surface area contributed by atoms with E-state index >= 15 is 0 Å². The number of esters is 4. The standard InChI is InChI=1S/C63H122O17P2/c1-9-55(7)41-33-25-15-13-11-12-14-16-29-37-45-62(67)79-58(49-73-60(65)43-35-27-20-17-23-31-39-53(3)4)51-77-81(69,70)75-47-57(64)48-76-82(71,72)78-52-59(50-74-61(66)44-36-28-21-18-24-32-40-54(5)6)80-63(68)46-38-30-22-19-26-34-42-56(8)10-2/h53-59,64H,9-52H2,1-8H3,(H,69,70)(H,71,72)/t55?,56?,57-,58-,59-/m1/s1. The molecule has 0 amide bonds. The second-order valence-electron chi connectivity index (χ2n) is 24.2. The van der Waals surface area contributed by atoms with Crippen molar-refractivity contribution in [3.05, 3.63) is 0 Å².